The summed E-state index contributed by atoms with van der Waals surface area (Å²) in [5.74, 6) is 0.952. The van der Waals surface area contributed by atoms with Crippen LogP contribution in [0.2, 0.25) is 0 Å². The fraction of sp³-hybridized carbons (Fsp3) is 0.467. The molecule has 112 valence electrons. The first-order valence-electron chi connectivity index (χ1n) is 7.04. The second-order valence-corrected chi connectivity index (χ2v) is 5.24. The molecule has 0 aliphatic carbocycles. The number of ether oxygens (including phenoxy) is 1. The Morgan fingerprint density at radius 1 is 1.29 bits per heavy atom. The number of hydrogen-bond acceptors (Lipinski definition) is 5. The molecule has 5 nitrogen and oxygen atoms in total. The van der Waals surface area contributed by atoms with Crippen molar-refractivity contribution in [1.29, 1.82) is 0 Å². The Balaban J connectivity index is 1.72. The summed E-state index contributed by atoms with van der Waals surface area (Å²) in [6.45, 7) is 5.97. The van der Waals surface area contributed by atoms with Crippen LogP contribution < -0.4 is 0 Å². The Morgan fingerprint density at radius 2 is 2.05 bits per heavy atom. The molecule has 1 saturated heterocycles. The zero-order valence-corrected chi connectivity index (χ0v) is 12.1. The molecule has 0 N–H and O–H groups in total. The molecular weight excluding hydrogens is 273 g/mol. The van der Waals surface area contributed by atoms with Gasteiger partial charge in [0.2, 0.25) is 11.8 Å². The van der Waals surface area contributed by atoms with Crippen molar-refractivity contribution in [1.82, 2.24) is 15.1 Å². The minimum atomic E-state index is -0.235. The fourth-order valence-corrected chi connectivity index (χ4v) is 2.54. The van der Waals surface area contributed by atoms with Crippen molar-refractivity contribution in [2.24, 2.45) is 0 Å². The van der Waals surface area contributed by atoms with E-state index in [2.05, 4.69) is 15.1 Å². The van der Waals surface area contributed by atoms with E-state index in [0.29, 0.717) is 24.9 Å². The van der Waals surface area contributed by atoms with Crippen LogP contribution in [0, 0.1) is 12.7 Å². The van der Waals surface area contributed by atoms with Crippen LogP contribution in [0.3, 0.4) is 0 Å². The number of aryl methyl sites for hydroxylation is 1. The average Bonchev–Trinajstić information content (AvgIpc) is 2.94. The molecule has 0 unspecified atom stereocenters. The number of rotatable bonds is 3. The SMILES string of the molecule is Cc1nnc([C@H](C)N2CCO[C@H](c3ccc(F)cc3)C2)o1. The molecule has 3 rings (SSSR count). The van der Waals surface area contributed by atoms with Crippen molar-refractivity contribution in [2.45, 2.75) is 26.0 Å². The van der Waals surface area contributed by atoms with Crippen LogP contribution >= 0.6 is 0 Å². The van der Waals surface area contributed by atoms with E-state index in [1.807, 2.05) is 6.92 Å². The molecule has 0 saturated carbocycles. The smallest absolute Gasteiger partial charge is 0.233 e. The molecular formula is C15H18FN3O2. The van der Waals surface area contributed by atoms with Gasteiger partial charge in [-0.05, 0) is 24.6 Å². The van der Waals surface area contributed by atoms with E-state index in [-0.39, 0.29) is 18.0 Å². The number of halogens is 1. The summed E-state index contributed by atoms with van der Waals surface area (Å²) in [7, 11) is 0. The Hall–Kier alpha value is -1.79. The molecule has 0 radical (unpaired) electrons. The fourth-order valence-electron chi connectivity index (χ4n) is 2.54. The highest BCUT2D eigenvalue weighted by Crippen LogP contribution is 2.28. The molecule has 2 heterocycles. The number of morpholine rings is 1. The Kier molecular flexibility index (Phi) is 3.98. The first-order chi connectivity index (χ1) is 10.1. The normalized spacial score (nSPS) is 21.4. The van der Waals surface area contributed by atoms with Crippen LogP contribution in [-0.2, 0) is 4.74 Å². The highest BCUT2D eigenvalue weighted by Gasteiger charge is 2.28. The summed E-state index contributed by atoms with van der Waals surface area (Å²) in [5, 5.41) is 7.95. The standard InChI is InChI=1S/C15H18FN3O2/c1-10(15-18-17-11(2)21-15)19-7-8-20-14(9-19)12-3-5-13(16)6-4-12/h3-6,10,14H,7-9H2,1-2H3/t10-,14-/m0/s1. The summed E-state index contributed by atoms with van der Waals surface area (Å²) >= 11 is 0. The van der Waals surface area contributed by atoms with Gasteiger partial charge in [0.1, 0.15) is 5.82 Å². The Labute approximate surface area is 122 Å². The minimum Gasteiger partial charge on any atom is -0.424 e. The van der Waals surface area contributed by atoms with Crippen LogP contribution in [0.5, 0.6) is 0 Å². The summed E-state index contributed by atoms with van der Waals surface area (Å²) in [6.07, 6.45) is -0.0641. The van der Waals surface area contributed by atoms with E-state index >= 15 is 0 Å². The number of nitrogens with zero attached hydrogens (tertiary/aromatic N) is 3. The van der Waals surface area contributed by atoms with Crippen LogP contribution in [0.1, 0.15) is 36.4 Å². The van der Waals surface area contributed by atoms with Crippen LogP contribution in [0.4, 0.5) is 4.39 Å². The second kappa shape index (κ2) is 5.91. The quantitative estimate of drug-likeness (QED) is 0.870. The maximum Gasteiger partial charge on any atom is 0.233 e. The van der Waals surface area contributed by atoms with E-state index in [0.717, 1.165) is 12.1 Å². The Morgan fingerprint density at radius 3 is 2.71 bits per heavy atom. The van der Waals surface area contributed by atoms with Gasteiger partial charge in [0.15, 0.2) is 0 Å². The minimum absolute atomic E-state index is 0.0399. The lowest BCUT2D eigenvalue weighted by atomic mass is 10.1. The number of aromatic nitrogens is 2. The third-order valence-electron chi connectivity index (χ3n) is 3.79. The first-order valence-corrected chi connectivity index (χ1v) is 7.04. The van der Waals surface area contributed by atoms with E-state index in [4.69, 9.17) is 9.15 Å². The van der Waals surface area contributed by atoms with Crippen molar-refractivity contribution < 1.29 is 13.5 Å². The van der Waals surface area contributed by atoms with Gasteiger partial charge in [0.05, 0.1) is 18.8 Å². The van der Waals surface area contributed by atoms with Gasteiger partial charge >= 0.3 is 0 Å². The predicted octanol–water partition coefficient (Wildman–Crippen LogP) is 2.65. The molecule has 6 heteroatoms. The first kappa shape index (κ1) is 14.2. The van der Waals surface area contributed by atoms with Crippen LogP contribution in [0.25, 0.3) is 0 Å². The molecule has 1 aromatic heterocycles. The van der Waals surface area contributed by atoms with Gasteiger partial charge in [-0.25, -0.2) is 4.39 Å². The van der Waals surface area contributed by atoms with Gasteiger partial charge in [-0.2, -0.15) is 0 Å². The van der Waals surface area contributed by atoms with Gasteiger partial charge in [-0.1, -0.05) is 12.1 Å². The Bertz CT molecular complexity index is 599. The average molecular weight is 291 g/mol. The van der Waals surface area contributed by atoms with E-state index in [1.165, 1.54) is 12.1 Å². The molecule has 0 bridgehead atoms. The monoisotopic (exact) mass is 291 g/mol. The zero-order valence-electron chi connectivity index (χ0n) is 12.1. The highest BCUT2D eigenvalue weighted by molar-refractivity contribution is 5.19. The van der Waals surface area contributed by atoms with Crippen molar-refractivity contribution in [2.75, 3.05) is 19.7 Å². The van der Waals surface area contributed by atoms with Crippen molar-refractivity contribution in [3.63, 3.8) is 0 Å². The van der Waals surface area contributed by atoms with Crippen LogP contribution in [-0.4, -0.2) is 34.8 Å². The summed E-state index contributed by atoms with van der Waals surface area (Å²) in [4.78, 5) is 2.24. The molecule has 2 atom stereocenters. The molecule has 1 fully saturated rings. The molecule has 0 amide bonds. The van der Waals surface area contributed by atoms with Gasteiger partial charge in [-0.3, -0.25) is 4.90 Å². The lowest BCUT2D eigenvalue weighted by molar-refractivity contribution is -0.0464. The predicted molar refractivity (Wildman–Crippen MR) is 74.1 cm³/mol. The summed E-state index contributed by atoms with van der Waals surface area (Å²) in [6, 6.07) is 6.50. The molecule has 2 aromatic rings. The molecule has 1 aliphatic rings. The molecule has 1 aliphatic heterocycles. The topological polar surface area (TPSA) is 51.4 Å². The van der Waals surface area contributed by atoms with Crippen LogP contribution in [0.15, 0.2) is 28.7 Å². The van der Waals surface area contributed by atoms with Gasteiger partial charge in [0, 0.05) is 20.0 Å². The second-order valence-electron chi connectivity index (χ2n) is 5.24. The number of hydrogen-bond donors (Lipinski definition) is 0. The van der Waals surface area contributed by atoms with E-state index in [1.54, 1.807) is 19.1 Å². The van der Waals surface area contributed by atoms with Gasteiger partial charge in [0.25, 0.3) is 0 Å². The lowest BCUT2D eigenvalue weighted by Gasteiger charge is -2.35. The maximum absolute atomic E-state index is 13.0. The summed E-state index contributed by atoms with van der Waals surface area (Å²) in [5.41, 5.74) is 0.981. The van der Waals surface area contributed by atoms with Crippen molar-refractivity contribution in [3.8, 4) is 0 Å². The number of benzene rings is 1. The molecule has 1 aromatic carbocycles. The van der Waals surface area contributed by atoms with E-state index in [9.17, 15) is 4.39 Å². The van der Waals surface area contributed by atoms with Gasteiger partial charge in [-0.15, -0.1) is 10.2 Å². The van der Waals surface area contributed by atoms with Crippen molar-refractivity contribution >= 4 is 0 Å². The zero-order chi connectivity index (χ0) is 14.8. The third kappa shape index (κ3) is 3.11. The molecule has 21 heavy (non-hydrogen) atoms. The lowest BCUT2D eigenvalue weighted by Crippen LogP contribution is -2.40. The molecule has 0 spiro atoms. The largest absolute Gasteiger partial charge is 0.424 e. The van der Waals surface area contributed by atoms with Crippen molar-refractivity contribution in [3.05, 3.63) is 47.4 Å². The van der Waals surface area contributed by atoms with Gasteiger partial charge < -0.3 is 9.15 Å². The maximum atomic E-state index is 13.0. The highest BCUT2D eigenvalue weighted by atomic mass is 19.1. The third-order valence-corrected chi connectivity index (χ3v) is 3.79. The van der Waals surface area contributed by atoms with E-state index < -0.39 is 0 Å². The summed E-state index contributed by atoms with van der Waals surface area (Å²) < 4.78 is 24.3.